The topological polar surface area (TPSA) is 67.7 Å². The van der Waals surface area contributed by atoms with E-state index in [9.17, 15) is 4.79 Å². The highest BCUT2D eigenvalue weighted by molar-refractivity contribution is 6.32. The van der Waals surface area contributed by atoms with Gasteiger partial charge in [0.1, 0.15) is 11.4 Å². The Balaban J connectivity index is 1.78. The molecule has 2 aromatic carbocycles. The van der Waals surface area contributed by atoms with Crippen LogP contribution < -0.4 is 9.64 Å². The lowest BCUT2D eigenvalue weighted by molar-refractivity contribution is -0.113. The number of amides is 1. The highest BCUT2D eigenvalue weighted by atomic mass is 16.5. The zero-order valence-electron chi connectivity index (χ0n) is 14.6. The van der Waals surface area contributed by atoms with Gasteiger partial charge in [-0.15, -0.1) is 0 Å². The number of amidine groups is 1. The van der Waals surface area contributed by atoms with Crippen molar-refractivity contribution in [3.05, 3.63) is 89.9 Å². The Morgan fingerprint density at radius 2 is 1.63 bits per heavy atom. The van der Waals surface area contributed by atoms with Crippen molar-refractivity contribution >= 4 is 23.8 Å². The van der Waals surface area contributed by atoms with Crippen LogP contribution in [0.2, 0.25) is 0 Å². The minimum Gasteiger partial charge on any atom is -0.497 e. The van der Waals surface area contributed by atoms with Crippen LogP contribution in [0.3, 0.4) is 0 Å². The number of ether oxygens (including phenoxy) is 1. The van der Waals surface area contributed by atoms with Gasteiger partial charge < -0.3 is 4.74 Å². The van der Waals surface area contributed by atoms with Crippen molar-refractivity contribution in [2.45, 2.75) is 0 Å². The number of nitrogens with zero attached hydrogens (tertiary/aromatic N) is 4. The van der Waals surface area contributed by atoms with Gasteiger partial charge in [-0.1, -0.05) is 42.5 Å². The first kappa shape index (κ1) is 16.7. The van der Waals surface area contributed by atoms with E-state index in [-0.39, 0.29) is 5.91 Å². The predicted octanol–water partition coefficient (Wildman–Crippen LogP) is 3.32. The van der Waals surface area contributed by atoms with Crippen LogP contribution in [0, 0.1) is 0 Å². The van der Waals surface area contributed by atoms with Crippen LogP contribution in [0.1, 0.15) is 11.1 Å². The molecule has 0 saturated carbocycles. The summed E-state index contributed by atoms with van der Waals surface area (Å²) in [6.07, 6.45) is 4.94. The average Bonchev–Trinajstić information content (AvgIpc) is 3.06. The first-order chi connectivity index (χ1) is 13.3. The molecule has 4 rings (SSSR count). The SMILES string of the molecule is COc1ccc(C=C2N=C(c3ccccc3)N(c3ncccn3)C2=O)cc1. The summed E-state index contributed by atoms with van der Waals surface area (Å²) < 4.78 is 5.17. The highest BCUT2D eigenvalue weighted by Crippen LogP contribution is 2.25. The number of carbonyl (C=O) groups excluding carboxylic acids is 1. The van der Waals surface area contributed by atoms with E-state index in [1.807, 2.05) is 54.6 Å². The summed E-state index contributed by atoms with van der Waals surface area (Å²) in [5, 5.41) is 0. The number of rotatable bonds is 4. The van der Waals surface area contributed by atoms with Crippen molar-refractivity contribution in [3.63, 3.8) is 0 Å². The monoisotopic (exact) mass is 356 g/mol. The fraction of sp³-hybridized carbons (Fsp3) is 0.0476. The molecule has 0 atom stereocenters. The summed E-state index contributed by atoms with van der Waals surface area (Å²) in [5.41, 5.74) is 1.99. The molecular weight excluding hydrogens is 340 g/mol. The zero-order valence-corrected chi connectivity index (χ0v) is 14.6. The summed E-state index contributed by atoms with van der Waals surface area (Å²) in [7, 11) is 1.61. The van der Waals surface area contributed by atoms with Crippen LogP contribution in [-0.2, 0) is 4.79 Å². The van der Waals surface area contributed by atoms with Gasteiger partial charge in [0.15, 0.2) is 5.84 Å². The van der Waals surface area contributed by atoms with E-state index in [1.54, 1.807) is 31.6 Å². The Morgan fingerprint density at radius 3 is 2.30 bits per heavy atom. The van der Waals surface area contributed by atoms with Crippen LogP contribution >= 0.6 is 0 Å². The van der Waals surface area contributed by atoms with Gasteiger partial charge in [0.05, 0.1) is 7.11 Å². The smallest absolute Gasteiger partial charge is 0.285 e. The van der Waals surface area contributed by atoms with Gasteiger partial charge in [0.25, 0.3) is 5.91 Å². The van der Waals surface area contributed by atoms with Gasteiger partial charge >= 0.3 is 0 Å². The number of benzene rings is 2. The maximum atomic E-state index is 13.1. The maximum absolute atomic E-state index is 13.1. The normalized spacial score (nSPS) is 15.1. The molecule has 6 nitrogen and oxygen atoms in total. The summed E-state index contributed by atoms with van der Waals surface area (Å²) in [4.78, 5) is 27.5. The van der Waals surface area contributed by atoms with Crippen molar-refractivity contribution in [2.24, 2.45) is 4.99 Å². The number of hydrogen-bond acceptors (Lipinski definition) is 5. The second-order valence-electron chi connectivity index (χ2n) is 5.79. The molecular formula is C21H16N4O2. The molecule has 0 N–H and O–H groups in total. The molecule has 1 aliphatic rings. The lowest BCUT2D eigenvalue weighted by Gasteiger charge is -2.15. The molecule has 6 heteroatoms. The molecule has 0 saturated heterocycles. The van der Waals surface area contributed by atoms with E-state index < -0.39 is 0 Å². The van der Waals surface area contributed by atoms with E-state index in [0.717, 1.165) is 16.9 Å². The molecule has 0 aliphatic carbocycles. The quantitative estimate of drug-likeness (QED) is 0.673. The Morgan fingerprint density at radius 1 is 0.926 bits per heavy atom. The molecule has 0 fully saturated rings. The fourth-order valence-corrected chi connectivity index (χ4v) is 2.75. The first-order valence-electron chi connectivity index (χ1n) is 8.37. The van der Waals surface area contributed by atoms with Crippen LogP contribution in [0.5, 0.6) is 5.75 Å². The minimum atomic E-state index is -0.268. The van der Waals surface area contributed by atoms with Crippen LogP contribution in [-0.4, -0.2) is 28.8 Å². The highest BCUT2D eigenvalue weighted by Gasteiger charge is 2.34. The van der Waals surface area contributed by atoms with E-state index >= 15 is 0 Å². The van der Waals surface area contributed by atoms with Crippen molar-refractivity contribution < 1.29 is 9.53 Å². The molecule has 2 heterocycles. The zero-order chi connectivity index (χ0) is 18.6. The van der Waals surface area contributed by atoms with Crippen molar-refractivity contribution in [1.29, 1.82) is 0 Å². The first-order valence-corrected chi connectivity index (χ1v) is 8.37. The molecule has 132 valence electrons. The maximum Gasteiger partial charge on any atom is 0.285 e. The fourth-order valence-electron chi connectivity index (χ4n) is 2.75. The van der Waals surface area contributed by atoms with Crippen LogP contribution in [0.4, 0.5) is 5.95 Å². The van der Waals surface area contributed by atoms with E-state index in [0.29, 0.717) is 17.5 Å². The molecule has 0 unspecified atom stereocenters. The molecule has 27 heavy (non-hydrogen) atoms. The molecule has 1 aromatic heterocycles. The van der Waals surface area contributed by atoms with Crippen molar-refractivity contribution in [3.8, 4) is 5.75 Å². The standard InChI is InChI=1S/C21H16N4O2/c1-27-17-10-8-15(9-11-17)14-18-20(26)25(21-22-12-5-13-23-21)19(24-18)16-6-3-2-4-7-16/h2-14H,1H3. The molecule has 0 bridgehead atoms. The van der Waals surface area contributed by atoms with Gasteiger partial charge in [-0.2, -0.15) is 0 Å². The third kappa shape index (κ3) is 3.32. The number of aromatic nitrogens is 2. The van der Waals surface area contributed by atoms with Gasteiger partial charge in [-0.25, -0.2) is 19.9 Å². The minimum absolute atomic E-state index is 0.268. The third-order valence-corrected chi connectivity index (χ3v) is 4.06. The number of methoxy groups -OCH3 is 1. The van der Waals surface area contributed by atoms with E-state index in [2.05, 4.69) is 15.0 Å². The molecule has 0 radical (unpaired) electrons. The average molecular weight is 356 g/mol. The summed E-state index contributed by atoms with van der Waals surface area (Å²) in [6.45, 7) is 0. The van der Waals surface area contributed by atoms with Crippen molar-refractivity contribution in [1.82, 2.24) is 9.97 Å². The van der Waals surface area contributed by atoms with Crippen LogP contribution in [0.15, 0.2) is 83.7 Å². The van der Waals surface area contributed by atoms with E-state index in [4.69, 9.17) is 4.74 Å². The Bertz CT molecular complexity index is 1010. The van der Waals surface area contributed by atoms with Gasteiger partial charge in [0.2, 0.25) is 5.95 Å². The number of hydrogen-bond donors (Lipinski definition) is 0. The molecule has 1 amide bonds. The van der Waals surface area contributed by atoms with Gasteiger partial charge in [-0.05, 0) is 29.8 Å². The number of anilines is 1. The number of aliphatic imine (C=N–C) groups is 1. The van der Waals surface area contributed by atoms with Gasteiger partial charge in [-0.3, -0.25) is 4.79 Å². The summed E-state index contributed by atoms with van der Waals surface area (Å²) in [5.74, 6) is 1.29. The lowest BCUT2D eigenvalue weighted by atomic mass is 10.2. The molecule has 3 aromatic rings. The van der Waals surface area contributed by atoms with Crippen LogP contribution in [0.25, 0.3) is 6.08 Å². The van der Waals surface area contributed by atoms with Gasteiger partial charge in [0, 0.05) is 18.0 Å². The predicted molar refractivity (Wildman–Crippen MR) is 103 cm³/mol. The van der Waals surface area contributed by atoms with E-state index in [1.165, 1.54) is 4.90 Å². The molecule has 1 aliphatic heterocycles. The third-order valence-electron chi connectivity index (χ3n) is 4.06. The summed E-state index contributed by atoms with van der Waals surface area (Å²) >= 11 is 0. The van der Waals surface area contributed by atoms with Crippen molar-refractivity contribution in [2.75, 3.05) is 12.0 Å². The summed E-state index contributed by atoms with van der Waals surface area (Å²) in [6, 6.07) is 18.6. The Labute approximate surface area is 156 Å². The lowest BCUT2D eigenvalue weighted by Crippen LogP contribution is -2.34. The largest absolute Gasteiger partial charge is 0.497 e. The second kappa shape index (κ2) is 7.21. The molecule has 0 spiro atoms. The Kier molecular flexibility index (Phi) is 4.45. The number of carbonyl (C=O) groups is 1. The second-order valence-corrected chi connectivity index (χ2v) is 5.79. The Hall–Kier alpha value is -3.80.